The van der Waals surface area contributed by atoms with Crippen LogP contribution in [0, 0.1) is 0 Å². The van der Waals surface area contributed by atoms with Crippen LogP contribution in [0.15, 0.2) is 48.6 Å². The van der Waals surface area contributed by atoms with Gasteiger partial charge in [-0.3, -0.25) is 19.8 Å². The fourth-order valence-electron chi connectivity index (χ4n) is 2.72. The molecule has 1 aromatic heterocycles. The van der Waals surface area contributed by atoms with Gasteiger partial charge in [-0.1, -0.05) is 24.3 Å². The van der Waals surface area contributed by atoms with Gasteiger partial charge in [0.2, 0.25) is 5.88 Å². The summed E-state index contributed by atoms with van der Waals surface area (Å²) < 4.78 is 47.3. The Balaban J connectivity index is 2.15. The number of nitrogens with zero attached hydrogens (tertiary/aromatic N) is 3. The van der Waals surface area contributed by atoms with E-state index >= 15 is 0 Å². The number of hydrogen-bond acceptors (Lipinski definition) is 5. The van der Waals surface area contributed by atoms with E-state index in [-0.39, 0.29) is 23.3 Å². The highest BCUT2D eigenvalue weighted by Gasteiger charge is 2.41. The maximum Gasteiger partial charge on any atom is 0.435 e. The maximum absolute atomic E-state index is 13.6. The van der Waals surface area contributed by atoms with Crippen molar-refractivity contribution < 1.29 is 27.5 Å². The Kier molecular flexibility index (Phi) is 5.74. The van der Waals surface area contributed by atoms with E-state index in [1.807, 2.05) is 0 Å². The summed E-state index contributed by atoms with van der Waals surface area (Å²) in [5.41, 5.74) is -2.40. The Morgan fingerprint density at radius 1 is 1.27 bits per heavy atom. The second kappa shape index (κ2) is 8.11. The van der Waals surface area contributed by atoms with Crippen LogP contribution in [0.1, 0.15) is 11.3 Å². The summed E-state index contributed by atoms with van der Waals surface area (Å²) in [7, 11) is 1.26. The standard InChI is InChI=1S/C19H15F3N4O3S/c1-3-9-26-16(28)13(15(27)23-18(26)30)10-12-14(19(20,21)22)24-25(2)17(12)29-11-7-5-4-6-8-11/h3-8,10H,1,9H2,2H3,(H,23,27,30)/b13-10+. The number of amides is 2. The molecule has 2 amide bonds. The molecule has 1 aromatic carbocycles. The summed E-state index contributed by atoms with van der Waals surface area (Å²) in [4.78, 5) is 26.0. The zero-order valence-corrected chi connectivity index (χ0v) is 16.4. The monoisotopic (exact) mass is 436 g/mol. The van der Waals surface area contributed by atoms with E-state index in [9.17, 15) is 22.8 Å². The third-order valence-electron chi connectivity index (χ3n) is 4.04. The second-order valence-electron chi connectivity index (χ2n) is 6.13. The number of thiocarbonyl (C=S) groups is 1. The van der Waals surface area contributed by atoms with Crippen molar-refractivity contribution in [3.8, 4) is 11.6 Å². The third-order valence-corrected chi connectivity index (χ3v) is 4.36. The molecule has 0 bridgehead atoms. The number of aryl methyl sites for hydroxylation is 1. The van der Waals surface area contributed by atoms with Crippen molar-refractivity contribution in [1.82, 2.24) is 20.0 Å². The van der Waals surface area contributed by atoms with Gasteiger partial charge in [-0.15, -0.1) is 6.58 Å². The van der Waals surface area contributed by atoms with Crippen molar-refractivity contribution in [3.63, 3.8) is 0 Å². The highest BCUT2D eigenvalue weighted by Crippen LogP contribution is 2.38. The number of carbonyl (C=O) groups excluding carboxylic acids is 2. The number of benzene rings is 1. The summed E-state index contributed by atoms with van der Waals surface area (Å²) in [6.45, 7) is 3.47. The van der Waals surface area contributed by atoms with Gasteiger partial charge < -0.3 is 4.74 Å². The van der Waals surface area contributed by atoms with Crippen LogP contribution in [0.2, 0.25) is 0 Å². The Labute approximate surface area is 174 Å². The lowest BCUT2D eigenvalue weighted by Crippen LogP contribution is -2.53. The topological polar surface area (TPSA) is 76.5 Å². The summed E-state index contributed by atoms with van der Waals surface area (Å²) >= 11 is 4.94. The molecule has 1 aliphatic rings. The molecule has 0 aliphatic carbocycles. The van der Waals surface area contributed by atoms with Crippen molar-refractivity contribution in [2.45, 2.75) is 6.18 Å². The van der Waals surface area contributed by atoms with Gasteiger partial charge in [0.1, 0.15) is 11.3 Å². The molecule has 1 fully saturated rings. The molecule has 2 heterocycles. The molecule has 2 aromatic rings. The SMILES string of the molecule is C=CCN1C(=O)/C(=C/c2c(C(F)(F)F)nn(C)c2Oc2ccccc2)C(=O)NC1=S. The van der Waals surface area contributed by atoms with Crippen LogP contribution >= 0.6 is 12.2 Å². The Bertz CT molecular complexity index is 1060. The zero-order chi connectivity index (χ0) is 22.1. The predicted octanol–water partition coefficient (Wildman–Crippen LogP) is 3.04. The average Bonchev–Trinajstić information content (AvgIpc) is 2.99. The lowest BCUT2D eigenvalue weighted by molar-refractivity contribution is -0.141. The van der Waals surface area contributed by atoms with Gasteiger partial charge in [0.25, 0.3) is 11.8 Å². The van der Waals surface area contributed by atoms with Gasteiger partial charge in [0.15, 0.2) is 10.8 Å². The fraction of sp³-hybridized carbons (Fsp3) is 0.158. The number of halogens is 3. The molecule has 156 valence electrons. The fourth-order valence-corrected chi connectivity index (χ4v) is 2.97. The van der Waals surface area contributed by atoms with Gasteiger partial charge in [-0.05, 0) is 30.4 Å². The zero-order valence-electron chi connectivity index (χ0n) is 15.6. The molecular formula is C19H15F3N4O3S. The van der Waals surface area contributed by atoms with Crippen molar-refractivity contribution in [2.24, 2.45) is 7.05 Å². The molecule has 7 nitrogen and oxygen atoms in total. The van der Waals surface area contributed by atoms with Crippen molar-refractivity contribution in [1.29, 1.82) is 0 Å². The smallest absolute Gasteiger partial charge is 0.435 e. The van der Waals surface area contributed by atoms with Gasteiger partial charge in [0.05, 0.1) is 5.56 Å². The van der Waals surface area contributed by atoms with Gasteiger partial charge in [-0.2, -0.15) is 18.3 Å². The summed E-state index contributed by atoms with van der Waals surface area (Å²) in [5, 5.41) is 5.61. The number of ether oxygens (including phenoxy) is 1. The molecular weight excluding hydrogens is 421 g/mol. The van der Waals surface area contributed by atoms with E-state index in [4.69, 9.17) is 17.0 Å². The Morgan fingerprint density at radius 3 is 2.53 bits per heavy atom. The number of rotatable bonds is 5. The molecule has 0 radical (unpaired) electrons. The minimum atomic E-state index is -4.85. The average molecular weight is 436 g/mol. The summed E-state index contributed by atoms with van der Waals surface area (Å²) in [6, 6.07) is 8.07. The molecule has 11 heteroatoms. The van der Waals surface area contributed by atoms with E-state index in [2.05, 4.69) is 17.0 Å². The predicted molar refractivity (Wildman–Crippen MR) is 105 cm³/mol. The van der Waals surface area contributed by atoms with E-state index in [1.54, 1.807) is 30.3 Å². The number of alkyl halides is 3. The minimum absolute atomic E-state index is 0.0260. The maximum atomic E-state index is 13.6. The number of nitrogens with one attached hydrogen (secondary N) is 1. The highest BCUT2D eigenvalue weighted by molar-refractivity contribution is 7.80. The highest BCUT2D eigenvalue weighted by atomic mass is 32.1. The van der Waals surface area contributed by atoms with Crippen LogP contribution in [0.3, 0.4) is 0 Å². The molecule has 0 atom stereocenters. The van der Waals surface area contributed by atoms with Crippen molar-refractivity contribution in [2.75, 3.05) is 6.54 Å². The van der Waals surface area contributed by atoms with Crippen LogP contribution in [-0.2, 0) is 22.8 Å². The molecule has 0 saturated carbocycles. The van der Waals surface area contributed by atoms with E-state index in [0.717, 1.165) is 15.7 Å². The van der Waals surface area contributed by atoms with Crippen LogP contribution in [0.25, 0.3) is 6.08 Å². The lowest BCUT2D eigenvalue weighted by atomic mass is 10.1. The van der Waals surface area contributed by atoms with Crippen LogP contribution < -0.4 is 10.1 Å². The Hall–Kier alpha value is -3.47. The lowest BCUT2D eigenvalue weighted by Gasteiger charge is -2.27. The Morgan fingerprint density at radius 2 is 1.93 bits per heavy atom. The number of hydrogen-bond donors (Lipinski definition) is 1. The second-order valence-corrected chi connectivity index (χ2v) is 6.51. The largest absolute Gasteiger partial charge is 0.439 e. The number of para-hydroxylation sites is 1. The van der Waals surface area contributed by atoms with Crippen molar-refractivity contribution in [3.05, 3.63) is 59.8 Å². The minimum Gasteiger partial charge on any atom is -0.439 e. The molecule has 1 aliphatic heterocycles. The summed E-state index contributed by atoms with van der Waals surface area (Å²) in [5.74, 6) is -1.81. The van der Waals surface area contributed by atoms with E-state index in [0.29, 0.717) is 0 Å². The third kappa shape index (κ3) is 4.10. The molecule has 30 heavy (non-hydrogen) atoms. The molecule has 3 rings (SSSR count). The van der Waals surface area contributed by atoms with Gasteiger partial charge in [0, 0.05) is 13.6 Å². The van der Waals surface area contributed by atoms with Crippen LogP contribution in [-0.4, -0.2) is 38.2 Å². The quantitative estimate of drug-likeness (QED) is 0.338. The van der Waals surface area contributed by atoms with Crippen molar-refractivity contribution >= 4 is 35.2 Å². The van der Waals surface area contributed by atoms with Gasteiger partial charge >= 0.3 is 6.18 Å². The van der Waals surface area contributed by atoms with Crippen LogP contribution in [0.5, 0.6) is 11.6 Å². The molecule has 0 spiro atoms. The van der Waals surface area contributed by atoms with Crippen LogP contribution in [0.4, 0.5) is 13.2 Å². The molecule has 1 N–H and O–H groups in total. The first-order valence-corrected chi connectivity index (χ1v) is 8.91. The van der Waals surface area contributed by atoms with Gasteiger partial charge in [-0.25, -0.2) is 4.68 Å². The first-order valence-electron chi connectivity index (χ1n) is 8.50. The first kappa shape index (κ1) is 21.2. The molecule has 1 saturated heterocycles. The first-order chi connectivity index (χ1) is 14.1. The van der Waals surface area contributed by atoms with E-state index in [1.165, 1.54) is 13.1 Å². The normalized spacial score (nSPS) is 16.1. The number of aromatic nitrogens is 2. The summed E-state index contributed by atoms with van der Waals surface area (Å²) in [6.07, 6.45) is -2.68. The van der Waals surface area contributed by atoms with E-state index < -0.39 is 34.8 Å². The number of carbonyl (C=O) groups is 2. The molecule has 0 unspecified atom stereocenters.